The molecule has 0 aromatic heterocycles. The standard InChI is InChI=1S/C25H34ClN3O5S/c1-17-9-8-10-19(13-17)15-28(18(2)24(31)27-25(3,4)5)23(30)16-29(35(7,32)33)20-11-12-22(34-6)21(26)14-20/h8-14,18H,15-16H2,1-7H3,(H,27,31)/t18-/m1/s1. The van der Waals surface area contributed by atoms with E-state index < -0.39 is 34.1 Å². The Labute approximate surface area is 213 Å². The van der Waals surface area contributed by atoms with Gasteiger partial charge in [-0.2, -0.15) is 0 Å². The molecule has 2 rings (SSSR count). The van der Waals surface area contributed by atoms with Crippen LogP contribution in [0.15, 0.2) is 42.5 Å². The molecule has 2 aromatic rings. The first-order chi connectivity index (χ1) is 16.1. The molecule has 0 heterocycles. The summed E-state index contributed by atoms with van der Waals surface area (Å²) in [6.45, 7) is 8.75. The maximum Gasteiger partial charge on any atom is 0.244 e. The molecule has 0 aliphatic carbocycles. The Morgan fingerprint density at radius 1 is 1.14 bits per heavy atom. The highest BCUT2D eigenvalue weighted by Crippen LogP contribution is 2.30. The first kappa shape index (κ1) is 28.5. The Hall–Kier alpha value is -2.78. The highest BCUT2D eigenvalue weighted by molar-refractivity contribution is 7.92. The number of carbonyl (C=O) groups excluding carboxylic acids is 2. The zero-order valence-electron chi connectivity index (χ0n) is 21.3. The molecule has 1 atom stereocenters. The molecule has 0 saturated heterocycles. The summed E-state index contributed by atoms with van der Waals surface area (Å²) in [6.07, 6.45) is 1.01. The van der Waals surface area contributed by atoms with E-state index in [9.17, 15) is 18.0 Å². The predicted molar refractivity (Wildman–Crippen MR) is 139 cm³/mol. The summed E-state index contributed by atoms with van der Waals surface area (Å²) < 4.78 is 31.4. The monoisotopic (exact) mass is 523 g/mol. The van der Waals surface area contributed by atoms with Crippen molar-refractivity contribution in [1.82, 2.24) is 10.2 Å². The fourth-order valence-corrected chi connectivity index (χ4v) is 4.58. The van der Waals surface area contributed by atoms with Crippen molar-refractivity contribution in [3.8, 4) is 5.75 Å². The Morgan fingerprint density at radius 3 is 2.31 bits per heavy atom. The van der Waals surface area contributed by atoms with E-state index in [-0.39, 0.29) is 23.2 Å². The molecule has 0 spiro atoms. The minimum Gasteiger partial charge on any atom is -0.495 e. The largest absolute Gasteiger partial charge is 0.495 e. The van der Waals surface area contributed by atoms with Gasteiger partial charge < -0.3 is 15.0 Å². The molecule has 0 bridgehead atoms. The average molecular weight is 524 g/mol. The molecule has 192 valence electrons. The SMILES string of the molecule is COc1ccc(N(CC(=O)N(Cc2cccc(C)c2)[C@H](C)C(=O)NC(C)(C)C)S(C)(=O)=O)cc1Cl. The molecule has 0 radical (unpaired) electrons. The maximum absolute atomic E-state index is 13.6. The second kappa shape index (κ2) is 11.3. The first-order valence-corrected chi connectivity index (χ1v) is 13.3. The van der Waals surface area contributed by atoms with Gasteiger partial charge in [-0.1, -0.05) is 41.4 Å². The van der Waals surface area contributed by atoms with Crippen LogP contribution >= 0.6 is 11.6 Å². The van der Waals surface area contributed by atoms with Crippen LogP contribution in [0.3, 0.4) is 0 Å². The number of sulfonamides is 1. The number of rotatable bonds is 9. The molecule has 0 aliphatic rings. The van der Waals surface area contributed by atoms with E-state index in [2.05, 4.69) is 5.32 Å². The number of aryl methyl sites for hydroxylation is 1. The predicted octanol–water partition coefficient (Wildman–Crippen LogP) is 3.76. The van der Waals surface area contributed by atoms with E-state index in [0.717, 1.165) is 21.7 Å². The molecule has 35 heavy (non-hydrogen) atoms. The number of carbonyl (C=O) groups is 2. The van der Waals surface area contributed by atoms with Crippen LogP contribution in [0.25, 0.3) is 0 Å². The second-order valence-electron chi connectivity index (χ2n) is 9.51. The fraction of sp³-hybridized carbons (Fsp3) is 0.440. The molecule has 8 nitrogen and oxygen atoms in total. The molecule has 0 aliphatic heterocycles. The van der Waals surface area contributed by atoms with Crippen LogP contribution in [0.2, 0.25) is 5.02 Å². The zero-order valence-corrected chi connectivity index (χ0v) is 22.8. The van der Waals surface area contributed by atoms with E-state index in [1.807, 2.05) is 52.0 Å². The van der Waals surface area contributed by atoms with E-state index in [0.29, 0.717) is 5.75 Å². The lowest BCUT2D eigenvalue weighted by Gasteiger charge is -2.33. The maximum atomic E-state index is 13.6. The second-order valence-corrected chi connectivity index (χ2v) is 11.8. The molecule has 1 N–H and O–H groups in total. The Balaban J connectivity index is 2.43. The zero-order chi connectivity index (χ0) is 26.6. The van der Waals surface area contributed by atoms with Crippen molar-refractivity contribution < 1.29 is 22.7 Å². The Morgan fingerprint density at radius 2 is 1.80 bits per heavy atom. The molecule has 0 saturated carbocycles. The summed E-state index contributed by atoms with van der Waals surface area (Å²) in [4.78, 5) is 27.9. The van der Waals surface area contributed by atoms with Crippen molar-refractivity contribution in [2.45, 2.75) is 52.7 Å². The molecular formula is C25H34ClN3O5S. The highest BCUT2D eigenvalue weighted by atomic mass is 35.5. The van der Waals surface area contributed by atoms with Gasteiger partial charge in [0, 0.05) is 12.1 Å². The van der Waals surface area contributed by atoms with Crippen LogP contribution in [0.1, 0.15) is 38.8 Å². The van der Waals surface area contributed by atoms with Gasteiger partial charge in [0.15, 0.2) is 0 Å². The number of hydrogen-bond acceptors (Lipinski definition) is 5. The van der Waals surface area contributed by atoms with Crippen LogP contribution in [-0.2, 0) is 26.2 Å². The lowest BCUT2D eigenvalue weighted by atomic mass is 10.1. The quantitative estimate of drug-likeness (QED) is 0.540. The van der Waals surface area contributed by atoms with Crippen molar-refractivity contribution in [3.05, 3.63) is 58.6 Å². The summed E-state index contributed by atoms with van der Waals surface area (Å²) in [5.74, 6) is -0.485. The number of benzene rings is 2. The lowest BCUT2D eigenvalue weighted by Crippen LogP contribution is -2.54. The van der Waals surface area contributed by atoms with Crippen molar-refractivity contribution in [2.24, 2.45) is 0 Å². The normalized spacial score (nSPS) is 12.6. The number of amides is 2. The number of hydrogen-bond donors (Lipinski definition) is 1. The topological polar surface area (TPSA) is 96.0 Å². The molecule has 2 aromatic carbocycles. The highest BCUT2D eigenvalue weighted by Gasteiger charge is 2.31. The van der Waals surface area contributed by atoms with Crippen LogP contribution < -0.4 is 14.4 Å². The Kier molecular flexibility index (Phi) is 9.19. The van der Waals surface area contributed by atoms with Crippen molar-refractivity contribution in [2.75, 3.05) is 24.2 Å². The van der Waals surface area contributed by atoms with E-state index in [4.69, 9.17) is 16.3 Å². The first-order valence-electron chi connectivity index (χ1n) is 11.1. The minimum atomic E-state index is -3.85. The van der Waals surface area contributed by atoms with Crippen LogP contribution in [-0.4, -0.2) is 56.6 Å². The molecule has 10 heteroatoms. The summed E-state index contributed by atoms with van der Waals surface area (Å²) in [6, 6.07) is 11.2. The van der Waals surface area contributed by atoms with Crippen LogP contribution in [0.4, 0.5) is 5.69 Å². The summed E-state index contributed by atoms with van der Waals surface area (Å²) >= 11 is 6.20. The van der Waals surface area contributed by atoms with Gasteiger partial charge in [0.05, 0.1) is 24.1 Å². The van der Waals surface area contributed by atoms with Gasteiger partial charge in [-0.05, 0) is 58.4 Å². The number of methoxy groups -OCH3 is 1. The average Bonchev–Trinajstić information content (AvgIpc) is 2.73. The van der Waals surface area contributed by atoms with Crippen LogP contribution in [0.5, 0.6) is 5.75 Å². The van der Waals surface area contributed by atoms with Crippen molar-refractivity contribution >= 4 is 39.1 Å². The van der Waals surface area contributed by atoms with Gasteiger partial charge in [-0.3, -0.25) is 13.9 Å². The van der Waals surface area contributed by atoms with Gasteiger partial charge in [0.2, 0.25) is 21.8 Å². The van der Waals surface area contributed by atoms with Crippen molar-refractivity contribution in [3.63, 3.8) is 0 Å². The number of halogens is 1. The third-order valence-corrected chi connectivity index (χ3v) is 6.64. The number of nitrogens with one attached hydrogen (secondary N) is 1. The van der Waals surface area contributed by atoms with Gasteiger partial charge in [0.1, 0.15) is 18.3 Å². The molecule has 2 amide bonds. The van der Waals surface area contributed by atoms with E-state index in [1.165, 1.54) is 30.2 Å². The van der Waals surface area contributed by atoms with Gasteiger partial charge >= 0.3 is 0 Å². The third-order valence-electron chi connectivity index (χ3n) is 5.20. The van der Waals surface area contributed by atoms with Crippen molar-refractivity contribution in [1.29, 1.82) is 0 Å². The van der Waals surface area contributed by atoms with E-state index >= 15 is 0 Å². The fourth-order valence-electron chi connectivity index (χ4n) is 3.49. The third kappa shape index (κ3) is 8.14. The van der Waals surface area contributed by atoms with Gasteiger partial charge in [0.25, 0.3) is 0 Å². The van der Waals surface area contributed by atoms with Gasteiger partial charge in [-0.15, -0.1) is 0 Å². The smallest absolute Gasteiger partial charge is 0.244 e. The summed E-state index contributed by atoms with van der Waals surface area (Å²) in [5, 5.41) is 3.10. The van der Waals surface area contributed by atoms with Crippen LogP contribution in [0, 0.1) is 6.92 Å². The molecular weight excluding hydrogens is 490 g/mol. The minimum absolute atomic E-state index is 0.139. The van der Waals surface area contributed by atoms with E-state index in [1.54, 1.807) is 6.92 Å². The molecule has 0 unspecified atom stereocenters. The summed E-state index contributed by atoms with van der Waals surface area (Å²) in [7, 11) is -2.40. The lowest BCUT2D eigenvalue weighted by molar-refractivity contribution is -0.140. The Bertz CT molecular complexity index is 1180. The number of nitrogens with zero attached hydrogens (tertiary/aromatic N) is 2. The number of anilines is 1. The van der Waals surface area contributed by atoms with Gasteiger partial charge in [-0.25, -0.2) is 8.42 Å². The summed E-state index contributed by atoms with van der Waals surface area (Å²) in [5.41, 5.74) is 1.55. The number of ether oxygens (including phenoxy) is 1. The molecule has 0 fully saturated rings.